The summed E-state index contributed by atoms with van der Waals surface area (Å²) in [5.41, 5.74) is 1.38. The molecule has 4 heteroatoms. The summed E-state index contributed by atoms with van der Waals surface area (Å²) in [5.74, 6) is -0.00191. The van der Waals surface area contributed by atoms with Gasteiger partial charge >= 0.3 is 0 Å². The summed E-state index contributed by atoms with van der Waals surface area (Å²) in [5, 5.41) is 2.95. The molecule has 0 aromatic heterocycles. The van der Waals surface area contributed by atoms with Crippen LogP contribution in [-0.2, 0) is 4.79 Å². The van der Waals surface area contributed by atoms with Crippen molar-refractivity contribution in [2.45, 2.75) is 13.3 Å². The summed E-state index contributed by atoms with van der Waals surface area (Å²) in [6.45, 7) is 1.82. The Morgan fingerprint density at radius 3 is 2.33 bits per heavy atom. The molecule has 0 radical (unpaired) electrons. The predicted molar refractivity (Wildman–Crippen MR) is 63.5 cm³/mol. The lowest BCUT2D eigenvalue weighted by molar-refractivity contribution is -0.113. The average molecular weight is 270 g/mol. The van der Waals surface area contributed by atoms with Gasteiger partial charge in [0.05, 0.1) is 5.33 Å². The van der Waals surface area contributed by atoms with Gasteiger partial charge in [0.1, 0.15) is 0 Å². The molecular formula is C11H12BrNO2. The Balaban J connectivity index is 2.72. The largest absolute Gasteiger partial charge is 0.325 e. The third-order valence-corrected chi connectivity index (χ3v) is 2.44. The van der Waals surface area contributed by atoms with Crippen LogP contribution in [0.15, 0.2) is 24.3 Å². The van der Waals surface area contributed by atoms with Crippen molar-refractivity contribution >= 4 is 33.3 Å². The zero-order valence-electron chi connectivity index (χ0n) is 8.42. The smallest absolute Gasteiger partial charge is 0.235 e. The second-order valence-corrected chi connectivity index (χ2v) is 3.60. The van der Waals surface area contributed by atoms with Crippen LogP contribution >= 0.6 is 15.9 Å². The summed E-state index contributed by atoms with van der Waals surface area (Å²) in [6.07, 6.45) is 0.493. The molecule has 15 heavy (non-hydrogen) atoms. The zero-order chi connectivity index (χ0) is 11.3. The number of anilines is 1. The molecule has 0 aliphatic heterocycles. The van der Waals surface area contributed by atoms with E-state index in [4.69, 9.17) is 0 Å². The van der Waals surface area contributed by atoms with E-state index < -0.39 is 0 Å². The summed E-state index contributed by atoms with van der Waals surface area (Å²) in [6, 6.07) is 6.89. The lowest BCUT2D eigenvalue weighted by atomic mass is 10.1. The lowest BCUT2D eigenvalue weighted by Crippen LogP contribution is -2.12. The minimum absolute atomic E-state index is 0.105. The van der Waals surface area contributed by atoms with Crippen molar-refractivity contribution in [1.29, 1.82) is 0 Å². The van der Waals surface area contributed by atoms with Crippen molar-refractivity contribution in [3.05, 3.63) is 29.8 Å². The van der Waals surface area contributed by atoms with E-state index in [1.165, 1.54) is 0 Å². The Labute approximate surface area is 97.0 Å². The van der Waals surface area contributed by atoms with Crippen LogP contribution in [0.1, 0.15) is 23.7 Å². The number of amides is 1. The standard InChI is InChI=1S/C11H12BrNO2/c1-2-10(14)8-3-5-9(6-4-8)13-11(15)7-12/h3-6H,2,7H2,1H3,(H,13,15). The van der Waals surface area contributed by atoms with E-state index in [2.05, 4.69) is 21.2 Å². The number of rotatable bonds is 4. The molecule has 0 heterocycles. The number of hydrogen-bond donors (Lipinski definition) is 1. The molecule has 0 saturated heterocycles. The fourth-order valence-corrected chi connectivity index (χ4v) is 1.28. The Morgan fingerprint density at radius 1 is 1.27 bits per heavy atom. The maximum absolute atomic E-state index is 11.3. The highest BCUT2D eigenvalue weighted by Crippen LogP contribution is 2.11. The molecule has 1 aromatic rings. The van der Waals surface area contributed by atoms with Gasteiger partial charge in [-0.3, -0.25) is 9.59 Å². The highest BCUT2D eigenvalue weighted by atomic mass is 79.9. The van der Waals surface area contributed by atoms with Crippen molar-refractivity contribution in [2.24, 2.45) is 0 Å². The lowest BCUT2D eigenvalue weighted by Gasteiger charge is -2.03. The molecule has 0 atom stereocenters. The topological polar surface area (TPSA) is 46.2 Å². The quantitative estimate of drug-likeness (QED) is 0.675. The maximum Gasteiger partial charge on any atom is 0.235 e. The van der Waals surface area contributed by atoms with Crippen LogP contribution in [0.5, 0.6) is 0 Å². The summed E-state index contributed by atoms with van der Waals surface area (Å²) in [4.78, 5) is 22.3. The van der Waals surface area contributed by atoms with Crippen LogP contribution in [-0.4, -0.2) is 17.0 Å². The normalized spacial score (nSPS) is 9.73. The predicted octanol–water partition coefficient (Wildman–Crippen LogP) is 2.61. The minimum Gasteiger partial charge on any atom is -0.325 e. The van der Waals surface area contributed by atoms with E-state index in [9.17, 15) is 9.59 Å². The first-order valence-electron chi connectivity index (χ1n) is 4.66. The van der Waals surface area contributed by atoms with Gasteiger partial charge in [0.2, 0.25) is 5.91 Å². The van der Waals surface area contributed by atoms with Crippen LogP contribution in [0.3, 0.4) is 0 Å². The molecule has 0 fully saturated rings. The Morgan fingerprint density at radius 2 is 1.87 bits per heavy atom. The number of carbonyl (C=O) groups excluding carboxylic acids is 2. The molecule has 1 amide bonds. The molecule has 0 aliphatic carbocycles. The minimum atomic E-state index is -0.107. The molecule has 0 unspecified atom stereocenters. The van der Waals surface area contributed by atoms with Crippen LogP contribution in [0.4, 0.5) is 5.69 Å². The van der Waals surface area contributed by atoms with Crippen LogP contribution < -0.4 is 5.32 Å². The van der Waals surface area contributed by atoms with E-state index in [1.807, 2.05) is 6.92 Å². The molecule has 0 aliphatic rings. The third kappa shape index (κ3) is 3.47. The molecule has 0 saturated carbocycles. The first kappa shape index (κ1) is 11.9. The monoisotopic (exact) mass is 269 g/mol. The number of hydrogen-bond acceptors (Lipinski definition) is 2. The van der Waals surface area contributed by atoms with Crippen LogP contribution in [0, 0.1) is 0 Å². The van der Waals surface area contributed by atoms with Crippen molar-refractivity contribution in [3.8, 4) is 0 Å². The molecule has 1 rings (SSSR count). The molecule has 80 valence electrons. The zero-order valence-corrected chi connectivity index (χ0v) is 10.0. The van der Waals surface area contributed by atoms with Gasteiger partial charge in [-0.15, -0.1) is 0 Å². The summed E-state index contributed by atoms with van der Waals surface area (Å²) < 4.78 is 0. The molecule has 1 N–H and O–H groups in total. The number of benzene rings is 1. The number of nitrogens with one attached hydrogen (secondary N) is 1. The highest BCUT2D eigenvalue weighted by molar-refractivity contribution is 9.09. The van der Waals surface area contributed by atoms with Crippen molar-refractivity contribution in [2.75, 3.05) is 10.6 Å². The van der Waals surface area contributed by atoms with Crippen LogP contribution in [0.2, 0.25) is 0 Å². The third-order valence-electron chi connectivity index (χ3n) is 1.93. The summed E-state index contributed by atoms with van der Waals surface area (Å²) >= 11 is 3.05. The number of Topliss-reactive ketones (excluding diaryl/α,β-unsaturated/α-hetero) is 1. The summed E-state index contributed by atoms with van der Waals surface area (Å²) in [7, 11) is 0. The van der Waals surface area contributed by atoms with Gasteiger partial charge in [-0.1, -0.05) is 22.9 Å². The highest BCUT2D eigenvalue weighted by Gasteiger charge is 2.03. The van der Waals surface area contributed by atoms with Gasteiger partial charge < -0.3 is 5.32 Å². The van der Waals surface area contributed by atoms with Crippen molar-refractivity contribution < 1.29 is 9.59 Å². The van der Waals surface area contributed by atoms with Crippen LogP contribution in [0.25, 0.3) is 0 Å². The second kappa shape index (κ2) is 5.66. The molecule has 1 aromatic carbocycles. The number of halogens is 1. The van der Waals surface area contributed by atoms with Gasteiger partial charge in [-0.25, -0.2) is 0 Å². The molecule has 0 bridgehead atoms. The fraction of sp³-hybridized carbons (Fsp3) is 0.273. The Hall–Kier alpha value is -1.16. The van der Waals surface area contributed by atoms with Gasteiger partial charge in [0.25, 0.3) is 0 Å². The van der Waals surface area contributed by atoms with E-state index in [0.717, 1.165) is 0 Å². The first-order chi connectivity index (χ1) is 7.17. The molecule has 0 spiro atoms. The van der Waals surface area contributed by atoms with Gasteiger partial charge in [-0.05, 0) is 24.3 Å². The van der Waals surface area contributed by atoms with E-state index in [-0.39, 0.29) is 17.0 Å². The van der Waals surface area contributed by atoms with Gasteiger partial charge in [0.15, 0.2) is 5.78 Å². The van der Waals surface area contributed by atoms with Crippen molar-refractivity contribution in [1.82, 2.24) is 0 Å². The number of ketones is 1. The fourth-order valence-electron chi connectivity index (χ4n) is 1.14. The van der Waals surface area contributed by atoms with E-state index >= 15 is 0 Å². The number of carbonyl (C=O) groups is 2. The molecule has 3 nitrogen and oxygen atoms in total. The first-order valence-corrected chi connectivity index (χ1v) is 5.78. The Kier molecular flexibility index (Phi) is 4.49. The maximum atomic E-state index is 11.3. The SMILES string of the molecule is CCC(=O)c1ccc(NC(=O)CBr)cc1. The van der Waals surface area contributed by atoms with Gasteiger partial charge in [0, 0.05) is 17.7 Å². The van der Waals surface area contributed by atoms with E-state index in [0.29, 0.717) is 17.7 Å². The van der Waals surface area contributed by atoms with E-state index in [1.54, 1.807) is 24.3 Å². The average Bonchev–Trinajstić information content (AvgIpc) is 2.29. The number of alkyl halides is 1. The Bertz CT molecular complexity index is 359. The van der Waals surface area contributed by atoms with Crippen molar-refractivity contribution in [3.63, 3.8) is 0 Å². The second-order valence-electron chi connectivity index (χ2n) is 3.04. The molecular weight excluding hydrogens is 258 g/mol. The van der Waals surface area contributed by atoms with Gasteiger partial charge in [-0.2, -0.15) is 0 Å².